The minimum Gasteiger partial charge on any atom is -0.362 e. The van der Waals surface area contributed by atoms with Crippen LogP contribution in [0.2, 0.25) is 0 Å². The molecule has 1 atom stereocenters. The number of aromatic amines is 1. The zero-order valence-corrected chi connectivity index (χ0v) is 18.8. The first-order valence-corrected chi connectivity index (χ1v) is 13.1. The topological polar surface area (TPSA) is 207 Å². The number of fused-ring (bicyclic) bond motifs is 1. The number of nitrogens with one attached hydrogen (secondary N) is 3. The van der Waals surface area contributed by atoms with Crippen molar-refractivity contribution < 1.29 is 16.8 Å². The summed E-state index contributed by atoms with van der Waals surface area (Å²) in [4.78, 5) is 5.03. The maximum absolute atomic E-state index is 13.6. The molecule has 176 valence electrons. The molecule has 5 rings (SSSR count). The number of nitrogens with zero attached hydrogens (tertiary/aromatic N) is 7. The van der Waals surface area contributed by atoms with Gasteiger partial charge in [0.1, 0.15) is 21.9 Å². The molecule has 3 aromatic rings. The van der Waals surface area contributed by atoms with Gasteiger partial charge in [-0.1, -0.05) is 0 Å². The van der Waals surface area contributed by atoms with Crippen molar-refractivity contribution in [3.8, 4) is 11.4 Å². The average molecular weight is 496 g/mol. The van der Waals surface area contributed by atoms with E-state index in [0.717, 1.165) is 0 Å². The summed E-state index contributed by atoms with van der Waals surface area (Å²) in [5.74, 6) is 0.600. The van der Waals surface area contributed by atoms with Gasteiger partial charge in [0, 0.05) is 24.8 Å². The number of primary sulfonamides is 1. The highest BCUT2D eigenvalue weighted by atomic mass is 32.2. The van der Waals surface area contributed by atoms with Crippen LogP contribution in [0.5, 0.6) is 0 Å². The van der Waals surface area contributed by atoms with Crippen molar-refractivity contribution in [1.29, 1.82) is 0 Å². The molecule has 5 N–H and O–H groups in total. The number of rotatable bonds is 6. The lowest BCUT2D eigenvalue weighted by molar-refractivity contribution is 0.512. The molecular weight excluding hydrogens is 474 g/mol. The highest BCUT2D eigenvalue weighted by Gasteiger charge is 2.36. The maximum Gasteiger partial charge on any atom is 0.243 e. The second-order valence-corrected chi connectivity index (χ2v) is 10.9. The van der Waals surface area contributed by atoms with Crippen LogP contribution < -0.4 is 20.1 Å². The summed E-state index contributed by atoms with van der Waals surface area (Å²) in [5, 5.41) is 26.4. The van der Waals surface area contributed by atoms with E-state index < -0.39 is 35.9 Å². The highest BCUT2D eigenvalue weighted by molar-refractivity contribution is 7.92. The summed E-state index contributed by atoms with van der Waals surface area (Å²) < 4.78 is 56.4. The van der Waals surface area contributed by atoms with E-state index >= 15 is 0 Å². The zero-order valence-electron chi connectivity index (χ0n) is 17.2. The Morgan fingerprint density at radius 3 is 2.73 bits per heavy atom. The van der Waals surface area contributed by atoms with Crippen molar-refractivity contribution >= 4 is 25.7 Å². The molecule has 0 spiro atoms. The molecule has 1 aromatic carbocycles. The third-order valence-corrected chi connectivity index (χ3v) is 8.26. The van der Waals surface area contributed by atoms with Crippen molar-refractivity contribution in [2.75, 3.05) is 24.5 Å². The zero-order chi connectivity index (χ0) is 23.2. The van der Waals surface area contributed by atoms with Crippen LogP contribution in [0.15, 0.2) is 28.3 Å². The van der Waals surface area contributed by atoms with Crippen LogP contribution in [0.1, 0.15) is 12.2 Å². The number of tetrazole rings is 1. The summed E-state index contributed by atoms with van der Waals surface area (Å²) in [7, 11) is -8.77. The molecule has 4 heterocycles. The quantitative estimate of drug-likeness (QED) is 0.287. The van der Waals surface area contributed by atoms with E-state index in [-0.39, 0.29) is 11.4 Å². The Kier molecular flexibility index (Phi) is 5.36. The molecule has 17 heteroatoms. The Morgan fingerprint density at radius 2 is 2.03 bits per heavy atom. The number of H-pyrrole nitrogens is 1. The number of sulfonamides is 2. The predicted octanol–water partition coefficient (Wildman–Crippen LogP) is -2.23. The van der Waals surface area contributed by atoms with E-state index in [4.69, 9.17) is 5.14 Å². The highest BCUT2D eigenvalue weighted by Crippen LogP contribution is 2.39. The molecule has 0 unspecified atom stereocenters. The molecule has 2 aromatic heterocycles. The molecule has 2 aliphatic heterocycles. The summed E-state index contributed by atoms with van der Waals surface area (Å²) >= 11 is 0. The normalized spacial score (nSPS) is 19.1. The Morgan fingerprint density at radius 1 is 1.18 bits per heavy atom. The van der Waals surface area contributed by atoms with Gasteiger partial charge >= 0.3 is 0 Å². The van der Waals surface area contributed by atoms with E-state index in [1.807, 2.05) is 4.90 Å². The number of nitrogens with two attached hydrogens (primary N) is 1. The van der Waals surface area contributed by atoms with E-state index in [1.54, 1.807) is 4.68 Å². The lowest BCUT2D eigenvalue weighted by Gasteiger charge is -2.31. The molecular formula is C16H21N11O4S2. The summed E-state index contributed by atoms with van der Waals surface area (Å²) in [5.41, 5.74) is 0.393. The third kappa shape index (κ3) is 4.08. The molecule has 0 amide bonds. The summed E-state index contributed by atoms with van der Waals surface area (Å²) in [6.45, 7) is 2.35. The van der Waals surface area contributed by atoms with Gasteiger partial charge in [-0.3, -0.25) is 0 Å². The number of aromatic nitrogens is 7. The fraction of sp³-hybridized carbons (Fsp3) is 0.438. The van der Waals surface area contributed by atoms with E-state index in [0.29, 0.717) is 50.7 Å². The lowest BCUT2D eigenvalue weighted by Crippen LogP contribution is -2.38. The fourth-order valence-electron chi connectivity index (χ4n) is 4.09. The van der Waals surface area contributed by atoms with Gasteiger partial charge in [0.15, 0.2) is 0 Å². The van der Waals surface area contributed by atoms with Crippen molar-refractivity contribution in [1.82, 2.24) is 45.4 Å². The van der Waals surface area contributed by atoms with Crippen LogP contribution in [0.4, 0.5) is 5.69 Å². The molecule has 0 aliphatic carbocycles. The molecule has 15 nitrogen and oxygen atoms in total. The van der Waals surface area contributed by atoms with Crippen molar-refractivity contribution in [3.63, 3.8) is 0 Å². The Balaban J connectivity index is 1.72. The second-order valence-electron chi connectivity index (χ2n) is 7.70. The lowest BCUT2D eigenvalue weighted by atomic mass is 10.1. The molecule has 0 saturated carbocycles. The standard InChI is InChI=1S/C16H21N11O4S2/c17-32(28,29)12-2-1-11(26-5-6-27-13(8-26)19-9-20-27)14(16-21-24-25-22-16)15(12)33(30,31)23-10-3-4-18-7-10/h1-2,9-10,18,23H,3-8H2,(H2,17,28,29)(H,21,22,24,25)/t10-/m1/s1. The molecule has 0 bridgehead atoms. The minimum atomic E-state index is -4.42. The van der Waals surface area contributed by atoms with Crippen LogP contribution in [0.25, 0.3) is 11.4 Å². The Hall–Kier alpha value is -2.99. The van der Waals surface area contributed by atoms with Gasteiger partial charge in [-0.25, -0.2) is 36.4 Å². The number of hydrogen-bond acceptors (Lipinski definition) is 11. The summed E-state index contributed by atoms with van der Waals surface area (Å²) in [6.07, 6.45) is 2.00. The first-order valence-electron chi connectivity index (χ1n) is 10.0. The molecule has 2 aliphatic rings. The van der Waals surface area contributed by atoms with Crippen molar-refractivity contribution in [2.45, 2.75) is 35.3 Å². The van der Waals surface area contributed by atoms with Gasteiger partial charge in [-0.05, 0) is 30.3 Å². The van der Waals surface area contributed by atoms with Crippen LogP contribution in [-0.2, 0) is 33.1 Å². The van der Waals surface area contributed by atoms with Gasteiger partial charge in [-0.15, -0.1) is 10.2 Å². The molecule has 1 saturated heterocycles. The maximum atomic E-state index is 13.6. The van der Waals surface area contributed by atoms with Gasteiger partial charge < -0.3 is 10.2 Å². The van der Waals surface area contributed by atoms with Crippen molar-refractivity contribution in [3.05, 3.63) is 24.3 Å². The number of benzene rings is 1. The second kappa shape index (κ2) is 8.10. The van der Waals surface area contributed by atoms with Crippen LogP contribution >= 0.6 is 0 Å². The first kappa shape index (κ1) is 21.8. The van der Waals surface area contributed by atoms with Crippen LogP contribution in [0.3, 0.4) is 0 Å². The first-order chi connectivity index (χ1) is 15.7. The molecule has 1 fully saturated rings. The SMILES string of the molecule is NS(=O)(=O)c1ccc(N2CCn3ncnc3C2)c(-c2nn[nH]n2)c1S(=O)(=O)N[C@@H]1CCNC1. The van der Waals surface area contributed by atoms with E-state index in [9.17, 15) is 16.8 Å². The van der Waals surface area contributed by atoms with E-state index in [1.165, 1.54) is 18.5 Å². The van der Waals surface area contributed by atoms with Gasteiger partial charge in [0.2, 0.25) is 25.9 Å². The van der Waals surface area contributed by atoms with Crippen LogP contribution in [-0.4, -0.2) is 77.9 Å². The predicted molar refractivity (Wildman–Crippen MR) is 114 cm³/mol. The largest absolute Gasteiger partial charge is 0.362 e. The number of hydrogen-bond donors (Lipinski definition) is 4. The molecule has 33 heavy (non-hydrogen) atoms. The van der Waals surface area contributed by atoms with Gasteiger partial charge in [0.05, 0.1) is 18.7 Å². The Labute approximate surface area is 188 Å². The molecule has 0 radical (unpaired) electrons. The minimum absolute atomic E-state index is 0.0123. The van der Waals surface area contributed by atoms with Crippen LogP contribution in [0, 0.1) is 0 Å². The monoisotopic (exact) mass is 495 g/mol. The third-order valence-electron chi connectivity index (χ3n) is 5.58. The van der Waals surface area contributed by atoms with Gasteiger partial charge in [0.25, 0.3) is 0 Å². The van der Waals surface area contributed by atoms with Crippen molar-refractivity contribution in [2.24, 2.45) is 5.14 Å². The average Bonchev–Trinajstić information content (AvgIpc) is 3.53. The Bertz CT molecular complexity index is 1380. The van der Waals surface area contributed by atoms with Gasteiger partial charge in [-0.2, -0.15) is 10.3 Å². The number of anilines is 1. The van der Waals surface area contributed by atoms with E-state index in [2.05, 4.69) is 40.7 Å². The summed E-state index contributed by atoms with van der Waals surface area (Å²) in [6, 6.07) is 2.28. The smallest absolute Gasteiger partial charge is 0.243 e. The fourth-order valence-corrected chi connectivity index (χ4v) is 6.94.